The summed E-state index contributed by atoms with van der Waals surface area (Å²) >= 11 is 0. The molecule has 0 saturated heterocycles. The lowest BCUT2D eigenvalue weighted by Crippen LogP contribution is -2.42. The van der Waals surface area contributed by atoms with E-state index in [2.05, 4.69) is 0 Å². The van der Waals surface area contributed by atoms with Crippen molar-refractivity contribution in [2.75, 3.05) is 26.2 Å². The molecule has 0 unspecified atom stereocenters. The monoisotopic (exact) mass is 491 g/mol. The molecule has 0 saturated carbocycles. The molecule has 5 aromatic carbocycles. The third-order valence-electron chi connectivity index (χ3n) is 7.71. The fourth-order valence-corrected chi connectivity index (χ4v) is 6.12. The van der Waals surface area contributed by atoms with Crippen LogP contribution in [0, 0.1) is 0 Å². The zero-order valence-electron chi connectivity index (χ0n) is 19.7. The number of β-amino-alcohol motifs (C(OH)–C–C–N with tert-alkyl or cyclic N) is 1. The van der Waals surface area contributed by atoms with Crippen molar-refractivity contribution in [3.05, 3.63) is 70.8 Å². The minimum absolute atomic E-state index is 0.0693. The van der Waals surface area contributed by atoms with Gasteiger partial charge in [0.15, 0.2) is 0 Å². The normalized spacial score (nSPS) is 15.4. The van der Waals surface area contributed by atoms with E-state index in [4.69, 9.17) is 5.73 Å². The fourth-order valence-electron chi connectivity index (χ4n) is 6.12. The summed E-state index contributed by atoms with van der Waals surface area (Å²) in [4.78, 5) is 55.4. The molecular formula is C29H21N3O5. The molecule has 0 aliphatic carbocycles. The standard InChI is InChI=1S/C29H21N3O5/c30-10-1-11-31-26(34)18-6-2-14-16-4-8-20-25-21(29(37)32(12-13-33)28(20)36)9-5-17(23(16)25)15-3-7-19(27(31)35)24(18)22(14)15/h2-9,33H,1,10-13,30H2. The number of aliphatic hydroxyl groups excluding tert-OH is 1. The van der Waals surface area contributed by atoms with Crippen LogP contribution in [0.25, 0.3) is 43.1 Å². The number of imide groups is 2. The number of carbonyl (C=O) groups is 4. The molecule has 182 valence electrons. The van der Waals surface area contributed by atoms with Gasteiger partial charge in [-0.1, -0.05) is 24.3 Å². The van der Waals surface area contributed by atoms with Crippen LogP contribution in [0.15, 0.2) is 48.5 Å². The summed E-state index contributed by atoms with van der Waals surface area (Å²) in [5.41, 5.74) is 7.41. The molecule has 2 aliphatic heterocycles. The number of benzene rings is 5. The van der Waals surface area contributed by atoms with Gasteiger partial charge in [0.05, 0.1) is 13.2 Å². The Balaban J connectivity index is 1.58. The van der Waals surface area contributed by atoms with E-state index >= 15 is 0 Å². The molecule has 0 bridgehead atoms. The summed E-state index contributed by atoms with van der Waals surface area (Å²) in [6.45, 7) is 0.264. The predicted molar refractivity (Wildman–Crippen MR) is 139 cm³/mol. The minimum atomic E-state index is -0.431. The number of nitrogens with zero attached hydrogens (tertiary/aromatic N) is 2. The van der Waals surface area contributed by atoms with E-state index in [1.54, 1.807) is 24.3 Å². The van der Waals surface area contributed by atoms with Gasteiger partial charge in [-0.2, -0.15) is 0 Å². The Morgan fingerprint density at radius 2 is 0.892 bits per heavy atom. The zero-order valence-corrected chi connectivity index (χ0v) is 19.7. The molecule has 0 fully saturated rings. The number of aliphatic hydroxyl groups is 1. The first-order valence-corrected chi connectivity index (χ1v) is 12.2. The van der Waals surface area contributed by atoms with E-state index in [9.17, 15) is 24.3 Å². The Labute approximate surface area is 210 Å². The molecule has 0 atom stereocenters. The van der Waals surface area contributed by atoms with Crippen LogP contribution in [0.5, 0.6) is 0 Å². The molecule has 0 spiro atoms. The number of hydrogen-bond acceptors (Lipinski definition) is 6. The van der Waals surface area contributed by atoms with Crippen molar-refractivity contribution in [1.29, 1.82) is 0 Å². The van der Waals surface area contributed by atoms with Crippen molar-refractivity contribution in [2.24, 2.45) is 5.73 Å². The summed E-state index contributed by atoms with van der Waals surface area (Å²) in [6.07, 6.45) is 0.527. The number of rotatable bonds is 5. The molecule has 4 amide bonds. The van der Waals surface area contributed by atoms with Gasteiger partial charge < -0.3 is 10.8 Å². The zero-order chi connectivity index (χ0) is 25.6. The SMILES string of the molecule is NCCCN1C(=O)c2ccc3c4ccc5c6c(ccc(c7ccc(c2c37)C1=O)c64)C(=O)N(CCO)C5=O. The highest BCUT2D eigenvalue weighted by atomic mass is 16.3. The Kier molecular flexibility index (Phi) is 4.46. The number of nitrogens with two attached hydrogens (primary N) is 1. The van der Waals surface area contributed by atoms with Crippen LogP contribution in [0.2, 0.25) is 0 Å². The lowest BCUT2D eigenvalue weighted by atomic mass is 9.82. The van der Waals surface area contributed by atoms with Crippen molar-refractivity contribution in [2.45, 2.75) is 6.42 Å². The highest BCUT2D eigenvalue weighted by molar-refractivity contribution is 6.41. The average Bonchev–Trinajstić information content (AvgIpc) is 2.91. The summed E-state index contributed by atoms with van der Waals surface area (Å²) in [7, 11) is 0. The third kappa shape index (κ3) is 2.63. The second-order valence-corrected chi connectivity index (χ2v) is 9.53. The molecule has 7 rings (SSSR count). The molecule has 8 heteroatoms. The van der Waals surface area contributed by atoms with E-state index in [1.807, 2.05) is 24.3 Å². The lowest BCUT2D eigenvalue weighted by Gasteiger charge is -2.30. The van der Waals surface area contributed by atoms with Crippen LogP contribution in [0.1, 0.15) is 47.9 Å². The largest absolute Gasteiger partial charge is 0.395 e. The number of carbonyl (C=O) groups excluding carboxylic acids is 4. The van der Waals surface area contributed by atoms with Crippen LogP contribution in [-0.4, -0.2) is 64.8 Å². The van der Waals surface area contributed by atoms with Gasteiger partial charge in [-0.25, -0.2) is 0 Å². The first-order valence-electron chi connectivity index (χ1n) is 12.2. The van der Waals surface area contributed by atoms with Crippen molar-refractivity contribution in [3.63, 3.8) is 0 Å². The first-order chi connectivity index (χ1) is 18.0. The summed E-state index contributed by atoms with van der Waals surface area (Å²) in [5.74, 6) is -1.52. The van der Waals surface area contributed by atoms with Gasteiger partial charge in [-0.15, -0.1) is 0 Å². The van der Waals surface area contributed by atoms with Crippen molar-refractivity contribution in [3.8, 4) is 0 Å². The van der Waals surface area contributed by atoms with Crippen LogP contribution >= 0.6 is 0 Å². The third-order valence-corrected chi connectivity index (χ3v) is 7.71. The molecule has 3 N–H and O–H groups in total. The summed E-state index contributed by atoms with van der Waals surface area (Å²) in [5, 5.41) is 15.6. The quantitative estimate of drug-likeness (QED) is 0.221. The van der Waals surface area contributed by atoms with Gasteiger partial charge in [0.1, 0.15) is 0 Å². The highest BCUT2D eigenvalue weighted by Crippen LogP contribution is 2.46. The second kappa shape index (κ2) is 7.55. The van der Waals surface area contributed by atoms with Gasteiger partial charge in [-0.05, 0) is 69.5 Å². The minimum Gasteiger partial charge on any atom is -0.395 e. The predicted octanol–water partition coefficient (Wildman–Crippen LogP) is 3.27. The van der Waals surface area contributed by atoms with Gasteiger partial charge in [0.2, 0.25) is 0 Å². The van der Waals surface area contributed by atoms with Crippen molar-refractivity contribution < 1.29 is 24.3 Å². The fraction of sp³-hybridized carbons (Fsp3) is 0.172. The maximum Gasteiger partial charge on any atom is 0.261 e. The van der Waals surface area contributed by atoms with Crippen LogP contribution in [-0.2, 0) is 0 Å². The molecule has 8 nitrogen and oxygen atoms in total. The summed E-state index contributed by atoms with van der Waals surface area (Å²) in [6, 6.07) is 14.5. The number of hydrogen-bond donors (Lipinski definition) is 2. The van der Waals surface area contributed by atoms with Gasteiger partial charge in [0, 0.05) is 39.6 Å². The lowest BCUT2D eigenvalue weighted by molar-refractivity contribution is 0.0574. The molecule has 2 aliphatic rings. The van der Waals surface area contributed by atoms with E-state index < -0.39 is 11.8 Å². The van der Waals surface area contributed by atoms with E-state index in [-0.39, 0.29) is 31.5 Å². The second-order valence-electron chi connectivity index (χ2n) is 9.53. The van der Waals surface area contributed by atoms with Gasteiger partial charge in [0.25, 0.3) is 23.6 Å². The maximum absolute atomic E-state index is 13.3. The maximum atomic E-state index is 13.3. The molecular weight excluding hydrogens is 470 g/mol. The van der Waals surface area contributed by atoms with Crippen LogP contribution in [0.4, 0.5) is 0 Å². The Morgan fingerprint density at radius 1 is 0.541 bits per heavy atom. The Morgan fingerprint density at radius 3 is 1.22 bits per heavy atom. The average molecular weight is 492 g/mol. The topological polar surface area (TPSA) is 121 Å². The molecule has 2 heterocycles. The molecule has 0 aromatic heterocycles. The van der Waals surface area contributed by atoms with Crippen LogP contribution in [0.3, 0.4) is 0 Å². The van der Waals surface area contributed by atoms with Gasteiger partial charge >= 0.3 is 0 Å². The number of amides is 4. The Bertz CT molecular complexity index is 1760. The smallest absolute Gasteiger partial charge is 0.261 e. The van der Waals surface area contributed by atoms with E-state index in [1.165, 1.54) is 4.90 Å². The van der Waals surface area contributed by atoms with Crippen molar-refractivity contribution in [1.82, 2.24) is 9.80 Å². The highest BCUT2D eigenvalue weighted by Gasteiger charge is 2.36. The summed E-state index contributed by atoms with van der Waals surface area (Å²) < 4.78 is 0. The van der Waals surface area contributed by atoms with E-state index in [0.717, 1.165) is 37.2 Å². The van der Waals surface area contributed by atoms with Crippen molar-refractivity contribution >= 4 is 66.7 Å². The van der Waals surface area contributed by atoms with Crippen LogP contribution < -0.4 is 5.73 Å². The molecule has 0 radical (unpaired) electrons. The molecule has 5 aromatic rings. The molecule has 37 heavy (non-hydrogen) atoms. The van der Waals surface area contributed by atoms with E-state index in [0.29, 0.717) is 46.0 Å². The first kappa shape index (κ1) is 21.8. The Hall–Kier alpha value is -4.40. The van der Waals surface area contributed by atoms with Gasteiger partial charge in [-0.3, -0.25) is 29.0 Å². The number of fused-ring (bicyclic) bond motifs is 2.